The second kappa shape index (κ2) is 11.9. The summed E-state index contributed by atoms with van der Waals surface area (Å²) in [5.74, 6) is 1.41. The van der Waals surface area contributed by atoms with Crippen LogP contribution in [0.25, 0.3) is 0 Å². The van der Waals surface area contributed by atoms with Crippen LogP contribution < -0.4 is 20.1 Å². The number of anilines is 2. The maximum Gasteiger partial charge on any atom is 0.243 e. The van der Waals surface area contributed by atoms with E-state index >= 15 is 0 Å². The van der Waals surface area contributed by atoms with E-state index in [0.29, 0.717) is 19.8 Å². The van der Waals surface area contributed by atoms with Gasteiger partial charge in [-0.15, -0.1) is 0 Å². The number of amides is 1. The van der Waals surface area contributed by atoms with Crippen LogP contribution in [-0.4, -0.2) is 38.4 Å². The Bertz CT molecular complexity index is 719. The topological polar surface area (TPSA) is 68.8 Å². The van der Waals surface area contributed by atoms with Gasteiger partial charge in [-0.1, -0.05) is 13.0 Å². The Kier molecular flexibility index (Phi) is 9.15. The minimum Gasteiger partial charge on any atom is -0.491 e. The molecule has 1 atom stereocenters. The average Bonchev–Trinajstić information content (AvgIpc) is 2.71. The number of hydrogen-bond donors (Lipinski definition) is 2. The van der Waals surface area contributed by atoms with E-state index in [1.165, 1.54) is 0 Å². The van der Waals surface area contributed by atoms with Gasteiger partial charge in [0.15, 0.2) is 0 Å². The van der Waals surface area contributed by atoms with E-state index in [0.717, 1.165) is 29.3 Å². The van der Waals surface area contributed by atoms with E-state index in [2.05, 4.69) is 17.6 Å². The zero-order valence-corrected chi connectivity index (χ0v) is 16.9. The second-order valence-corrected chi connectivity index (χ2v) is 6.34. The first-order chi connectivity index (χ1) is 13.6. The van der Waals surface area contributed by atoms with E-state index in [4.69, 9.17) is 14.2 Å². The number of hydrogen-bond acceptors (Lipinski definition) is 5. The molecule has 2 N–H and O–H groups in total. The van der Waals surface area contributed by atoms with Crippen LogP contribution in [0, 0.1) is 0 Å². The van der Waals surface area contributed by atoms with Crippen molar-refractivity contribution in [3.8, 4) is 11.5 Å². The molecule has 0 fully saturated rings. The first-order valence-corrected chi connectivity index (χ1v) is 9.71. The molecule has 0 radical (unpaired) electrons. The minimum absolute atomic E-state index is 0.127. The molecule has 28 heavy (non-hydrogen) atoms. The molecule has 1 unspecified atom stereocenters. The molecule has 0 aromatic heterocycles. The van der Waals surface area contributed by atoms with Crippen LogP contribution >= 0.6 is 0 Å². The third-order valence-electron chi connectivity index (χ3n) is 4.04. The lowest BCUT2D eigenvalue weighted by atomic mass is 10.2. The summed E-state index contributed by atoms with van der Waals surface area (Å²) in [5.41, 5.74) is 1.55. The van der Waals surface area contributed by atoms with Crippen LogP contribution in [0.1, 0.15) is 27.2 Å². The van der Waals surface area contributed by atoms with Crippen molar-refractivity contribution < 1.29 is 19.0 Å². The number of benzene rings is 2. The Morgan fingerprint density at radius 1 is 1.00 bits per heavy atom. The van der Waals surface area contributed by atoms with E-state index in [1.807, 2.05) is 62.4 Å². The summed E-state index contributed by atoms with van der Waals surface area (Å²) < 4.78 is 16.6. The maximum absolute atomic E-state index is 12.2. The maximum atomic E-state index is 12.2. The molecule has 2 aromatic carbocycles. The molecular formula is C22H30N2O4. The fourth-order valence-corrected chi connectivity index (χ4v) is 2.38. The fourth-order valence-electron chi connectivity index (χ4n) is 2.38. The van der Waals surface area contributed by atoms with Crippen molar-refractivity contribution in [3.05, 3.63) is 48.5 Å². The molecule has 0 saturated carbocycles. The lowest BCUT2D eigenvalue weighted by Crippen LogP contribution is -2.21. The quantitative estimate of drug-likeness (QED) is 0.532. The van der Waals surface area contributed by atoms with Crippen molar-refractivity contribution >= 4 is 17.3 Å². The standard InChI is InChI=1S/C22H30N2O4/c1-4-17(3)28-20-11-9-18(10-12-20)24-22(25)16-23-19-7-6-8-21(15-19)27-14-13-26-5-2/h6-12,15,17,23H,4-5,13-14,16H2,1-3H3,(H,24,25). The number of carbonyl (C=O) groups is 1. The summed E-state index contributed by atoms with van der Waals surface area (Å²) in [6.07, 6.45) is 1.12. The molecule has 0 spiro atoms. The Morgan fingerprint density at radius 2 is 1.79 bits per heavy atom. The van der Waals surface area contributed by atoms with Gasteiger partial charge in [0.25, 0.3) is 0 Å². The molecule has 2 aromatic rings. The molecule has 0 aliphatic rings. The van der Waals surface area contributed by atoms with E-state index in [-0.39, 0.29) is 18.6 Å². The molecule has 1 amide bonds. The highest BCUT2D eigenvalue weighted by atomic mass is 16.5. The van der Waals surface area contributed by atoms with E-state index < -0.39 is 0 Å². The predicted molar refractivity (Wildman–Crippen MR) is 112 cm³/mol. The second-order valence-electron chi connectivity index (χ2n) is 6.34. The Morgan fingerprint density at radius 3 is 2.50 bits per heavy atom. The van der Waals surface area contributed by atoms with Crippen LogP contribution in [-0.2, 0) is 9.53 Å². The lowest BCUT2D eigenvalue weighted by molar-refractivity contribution is -0.114. The molecule has 6 nitrogen and oxygen atoms in total. The lowest BCUT2D eigenvalue weighted by Gasteiger charge is -2.13. The first-order valence-electron chi connectivity index (χ1n) is 9.71. The van der Waals surface area contributed by atoms with Crippen molar-refractivity contribution in [2.75, 3.05) is 37.0 Å². The van der Waals surface area contributed by atoms with E-state index in [1.54, 1.807) is 0 Å². The van der Waals surface area contributed by atoms with Crippen molar-refractivity contribution in [1.82, 2.24) is 0 Å². The summed E-state index contributed by atoms with van der Waals surface area (Å²) >= 11 is 0. The van der Waals surface area contributed by atoms with Crippen LogP contribution in [0.5, 0.6) is 11.5 Å². The molecule has 0 bridgehead atoms. The minimum atomic E-state index is -0.127. The predicted octanol–water partition coefficient (Wildman–Crippen LogP) is 4.33. The normalized spacial score (nSPS) is 11.5. The van der Waals surface area contributed by atoms with Crippen molar-refractivity contribution in [1.29, 1.82) is 0 Å². The van der Waals surface area contributed by atoms with Gasteiger partial charge in [0.1, 0.15) is 18.1 Å². The summed E-state index contributed by atoms with van der Waals surface area (Å²) in [5, 5.41) is 5.97. The van der Waals surface area contributed by atoms with Crippen LogP contribution in [0.4, 0.5) is 11.4 Å². The molecule has 0 aliphatic carbocycles. The average molecular weight is 386 g/mol. The van der Waals surface area contributed by atoms with Crippen molar-refractivity contribution in [2.24, 2.45) is 0 Å². The zero-order valence-electron chi connectivity index (χ0n) is 16.9. The first kappa shape index (κ1) is 21.6. The molecule has 0 aliphatic heterocycles. The van der Waals surface area contributed by atoms with Gasteiger partial charge in [-0.2, -0.15) is 0 Å². The van der Waals surface area contributed by atoms with Crippen LogP contribution in [0.15, 0.2) is 48.5 Å². The molecule has 0 heterocycles. The summed E-state index contributed by atoms with van der Waals surface area (Å²) in [6.45, 7) is 7.94. The van der Waals surface area contributed by atoms with Gasteiger partial charge in [-0.25, -0.2) is 0 Å². The summed E-state index contributed by atoms with van der Waals surface area (Å²) in [7, 11) is 0. The van der Waals surface area contributed by atoms with Gasteiger partial charge < -0.3 is 24.8 Å². The fraction of sp³-hybridized carbons (Fsp3) is 0.409. The number of ether oxygens (including phenoxy) is 3. The van der Waals surface area contributed by atoms with Gasteiger partial charge in [0.05, 0.1) is 19.3 Å². The van der Waals surface area contributed by atoms with E-state index in [9.17, 15) is 4.79 Å². The molecule has 0 saturated heterocycles. The molecule has 2 rings (SSSR count). The molecule has 6 heteroatoms. The summed E-state index contributed by atoms with van der Waals surface area (Å²) in [6, 6.07) is 14.9. The Hall–Kier alpha value is -2.73. The van der Waals surface area contributed by atoms with Gasteiger partial charge >= 0.3 is 0 Å². The molecule has 152 valence electrons. The van der Waals surface area contributed by atoms with Crippen molar-refractivity contribution in [2.45, 2.75) is 33.3 Å². The van der Waals surface area contributed by atoms with Gasteiger partial charge in [-0.05, 0) is 56.7 Å². The number of rotatable bonds is 12. The molecular weight excluding hydrogens is 356 g/mol. The van der Waals surface area contributed by atoms with Crippen LogP contribution in [0.2, 0.25) is 0 Å². The number of nitrogens with one attached hydrogen (secondary N) is 2. The highest BCUT2D eigenvalue weighted by Gasteiger charge is 2.05. The SMILES string of the molecule is CCOCCOc1cccc(NCC(=O)Nc2ccc(OC(C)CC)cc2)c1. The highest BCUT2D eigenvalue weighted by Crippen LogP contribution is 2.19. The number of carbonyl (C=O) groups excluding carboxylic acids is 1. The van der Waals surface area contributed by atoms with Gasteiger partial charge in [0, 0.05) is 24.0 Å². The summed E-state index contributed by atoms with van der Waals surface area (Å²) in [4.78, 5) is 12.2. The van der Waals surface area contributed by atoms with Crippen LogP contribution in [0.3, 0.4) is 0 Å². The zero-order chi connectivity index (χ0) is 20.2. The smallest absolute Gasteiger partial charge is 0.243 e. The Labute approximate surface area is 167 Å². The highest BCUT2D eigenvalue weighted by molar-refractivity contribution is 5.93. The monoisotopic (exact) mass is 386 g/mol. The van der Waals surface area contributed by atoms with Gasteiger partial charge in [0.2, 0.25) is 5.91 Å². The van der Waals surface area contributed by atoms with Gasteiger partial charge in [-0.3, -0.25) is 4.79 Å². The third kappa shape index (κ3) is 7.88. The van der Waals surface area contributed by atoms with Crippen molar-refractivity contribution in [3.63, 3.8) is 0 Å². The Balaban J connectivity index is 1.77. The third-order valence-corrected chi connectivity index (χ3v) is 4.04. The largest absolute Gasteiger partial charge is 0.491 e.